The van der Waals surface area contributed by atoms with E-state index in [9.17, 15) is 27.1 Å². The zero-order valence-electron chi connectivity index (χ0n) is 23.0. The van der Waals surface area contributed by atoms with Gasteiger partial charge in [-0.3, -0.25) is 9.10 Å². The van der Waals surface area contributed by atoms with Gasteiger partial charge in [-0.2, -0.15) is 0 Å². The molecule has 0 radical (unpaired) electrons. The van der Waals surface area contributed by atoms with E-state index >= 15 is 0 Å². The van der Waals surface area contributed by atoms with Gasteiger partial charge in [0.25, 0.3) is 5.91 Å². The number of sulfonamides is 1. The first kappa shape index (κ1) is 30.2. The van der Waals surface area contributed by atoms with E-state index < -0.39 is 39.7 Å². The van der Waals surface area contributed by atoms with Crippen molar-refractivity contribution in [2.24, 2.45) is 0 Å². The average molecular weight is 579 g/mol. The molecule has 220 valence electrons. The second kappa shape index (κ2) is 13.7. The predicted octanol–water partition coefficient (Wildman–Crippen LogP) is 3.95. The number of aliphatic hydroxyl groups excluding tert-OH is 1. The summed E-state index contributed by atoms with van der Waals surface area (Å²) >= 11 is 0. The number of nitrogens with zero attached hydrogens (tertiary/aromatic N) is 1. The van der Waals surface area contributed by atoms with E-state index in [1.165, 1.54) is 16.8 Å². The Kier molecular flexibility index (Phi) is 10.4. The van der Waals surface area contributed by atoms with Crippen LogP contribution in [0.2, 0.25) is 0 Å². The second-order valence-electron chi connectivity index (χ2n) is 10.7. The lowest BCUT2D eigenvalue weighted by molar-refractivity contribution is 0.0821. The Morgan fingerprint density at radius 1 is 1.05 bits per heavy atom. The van der Waals surface area contributed by atoms with Crippen molar-refractivity contribution in [2.45, 2.75) is 76.5 Å². The smallest absolute Gasteiger partial charge is 0.251 e. The number of rotatable bonds is 11. The Bertz CT molecular complexity index is 1270. The molecule has 0 aromatic heterocycles. The number of aliphatic hydroxyl groups is 1. The molecule has 1 amide bonds. The summed E-state index contributed by atoms with van der Waals surface area (Å²) in [6.07, 6.45) is 5.88. The Morgan fingerprint density at radius 3 is 2.52 bits per heavy atom. The minimum atomic E-state index is -3.49. The maximum Gasteiger partial charge on any atom is 0.251 e. The van der Waals surface area contributed by atoms with Gasteiger partial charge in [-0.25, -0.2) is 17.2 Å². The molecule has 2 aromatic carbocycles. The first-order valence-electron chi connectivity index (χ1n) is 14.2. The van der Waals surface area contributed by atoms with Crippen molar-refractivity contribution < 1.29 is 27.1 Å². The summed E-state index contributed by atoms with van der Waals surface area (Å²) in [7, 11) is -3.49. The summed E-state index contributed by atoms with van der Waals surface area (Å²) in [4.78, 5) is 13.6. The van der Waals surface area contributed by atoms with Gasteiger partial charge in [-0.1, -0.05) is 25.3 Å². The van der Waals surface area contributed by atoms with Crippen LogP contribution >= 0.6 is 0 Å². The van der Waals surface area contributed by atoms with Crippen LogP contribution in [0.25, 0.3) is 0 Å². The molecule has 1 saturated heterocycles. The molecule has 2 aliphatic rings. The highest BCUT2D eigenvalue weighted by Gasteiger charge is 2.28. The molecule has 4 rings (SSSR count). The maximum absolute atomic E-state index is 14.0. The third-order valence-electron chi connectivity index (χ3n) is 7.64. The molecule has 1 saturated carbocycles. The third-order valence-corrected chi connectivity index (χ3v) is 9.51. The van der Waals surface area contributed by atoms with Crippen LogP contribution in [0.1, 0.15) is 67.8 Å². The number of nitrogens with one attached hydrogen (secondary N) is 3. The van der Waals surface area contributed by atoms with Crippen LogP contribution in [0.3, 0.4) is 0 Å². The van der Waals surface area contributed by atoms with E-state index in [0.717, 1.165) is 44.2 Å². The second-order valence-corrected chi connectivity index (χ2v) is 12.8. The van der Waals surface area contributed by atoms with Crippen LogP contribution in [-0.4, -0.2) is 63.0 Å². The summed E-state index contributed by atoms with van der Waals surface area (Å²) < 4.78 is 54.4. The van der Waals surface area contributed by atoms with Gasteiger partial charge in [0.15, 0.2) is 11.6 Å². The Balaban J connectivity index is 1.57. The van der Waals surface area contributed by atoms with Gasteiger partial charge >= 0.3 is 0 Å². The number of halogens is 2. The molecular weight excluding hydrogens is 538 g/mol. The molecule has 0 bridgehead atoms. The number of carbonyl (C=O) groups is 1. The number of hydrogen-bond acceptors (Lipinski definition) is 6. The fourth-order valence-corrected chi connectivity index (χ4v) is 7.09. The lowest BCUT2D eigenvalue weighted by atomic mass is 9.94. The quantitative estimate of drug-likeness (QED) is 0.322. The molecule has 2 atom stereocenters. The van der Waals surface area contributed by atoms with E-state index in [-0.39, 0.29) is 30.3 Å². The predicted molar refractivity (Wildman–Crippen MR) is 153 cm³/mol. The summed E-state index contributed by atoms with van der Waals surface area (Å²) in [6.45, 7) is 3.04. The van der Waals surface area contributed by atoms with Gasteiger partial charge in [-0.05, 0) is 74.9 Å². The van der Waals surface area contributed by atoms with Gasteiger partial charge in [0.1, 0.15) is 0 Å². The van der Waals surface area contributed by atoms with Crippen molar-refractivity contribution in [1.29, 1.82) is 0 Å². The highest BCUT2D eigenvalue weighted by atomic mass is 32.2. The van der Waals surface area contributed by atoms with Gasteiger partial charge in [0.2, 0.25) is 10.0 Å². The van der Waals surface area contributed by atoms with Crippen molar-refractivity contribution in [1.82, 2.24) is 10.6 Å². The van der Waals surface area contributed by atoms with E-state index in [0.29, 0.717) is 36.4 Å². The minimum Gasteiger partial charge on any atom is -0.390 e. The monoisotopic (exact) mass is 578 g/mol. The molecule has 8 nitrogen and oxygen atoms in total. The van der Waals surface area contributed by atoms with Gasteiger partial charge in [0.05, 0.1) is 23.6 Å². The lowest BCUT2D eigenvalue weighted by Gasteiger charge is -2.30. The molecular formula is C29H40F2N4O4S. The number of hydrogen-bond donors (Lipinski definition) is 4. The molecule has 40 heavy (non-hydrogen) atoms. The summed E-state index contributed by atoms with van der Waals surface area (Å²) in [6, 6.07) is 7.91. The van der Waals surface area contributed by atoms with Crippen molar-refractivity contribution in [2.75, 3.05) is 35.0 Å². The average Bonchev–Trinajstić information content (AvgIpc) is 2.93. The van der Waals surface area contributed by atoms with E-state index in [1.807, 2.05) is 6.92 Å². The maximum atomic E-state index is 14.0. The lowest BCUT2D eigenvalue weighted by Crippen LogP contribution is -2.50. The normalized spacial score (nSPS) is 19.1. The summed E-state index contributed by atoms with van der Waals surface area (Å²) in [5, 5.41) is 20.6. The third kappa shape index (κ3) is 7.92. The van der Waals surface area contributed by atoms with Crippen molar-refractivity contribution in [3.8, 4) is 0 Å². The zero-order valence-corrected chi connectivity index (χ0v) is 23.8. The Labute approximate surface area is 235 Å². The fraction of sp³-hybridized carbons (Fsp3) is 0.552. The molecule has 1 aliphatic carbocycles. The number of benzene rings is 2. The van der Waals surface area contributed by atoms with Crippen LogP contribution in [0.5, 0.6) is 0 Å². The molecule has 0 unspecified atom stereocenters. The number of anilines is 2. The zero-order chi connectivity index (χ0) is 28.7. The fourth-order valence-electron chi connectivity index (χ4n) is 5.46. The Morgan fingerprint density at radius 2 is 1.82 bits per heavy atom. The van der Waals surface area contributed by atoms with E-state index in [2.05, 4.69) is 16.0 Å². The summed E-state index contributed by atoms with van der Waals surface area (Å²) in [5.41, 5.74) is 1.67. The topological polar surface area (TPSA) is 111 Å². The number of carbonyl (C=O) groups excluding carboxylic acids is 1. The van der Waals surface area contributed by atoms with E-state index in [1.54, 1.807) is 18.2 Å². The van der Waals surface area contributed by atoms with Crippen molar-refractivity contribution in [3.05, 3.63) is 59.2 Å². The van der Waals surface area contributed by atoms with Crippen LogP contribution < -0.4 is 20.3 Å². The molecule has 1 aliphatic heterocycles. The summed E-state index contributed by atoms with van der Waals surface area (Å²) in [5.74, 6) is -2.41. The van der Waals surface area contributed by atoms with Crippen LogP contribution in [-0.2, 0) is 16.4 Å². The SMILES string of the molecule is CCNc1cc(C(=O)N[C@@H](Cc2ccc(F)c(F)c2)[C@H](O)CNC2CCCCC2)cc(N2CCCCS2(=O)=O)c1. The van der Waals surface area contributed by atoms with Gasteiger partial charge in [-0.15, -0.1) is 0 Å². The van der Waals surface area contributed by atoms with Crippen LogP contribution in [0.4, 0.5) is 20.2 Å². The number of amides is 1. The Hall–Kier alpha value is -2.76. The standard InChI is InChI=1S/C29H40F2N4O4S/c1-2-32-23-16-21(17-24(18-23)35-12-6-7-13-40(35,38)39)29(37)34-27(15-20-10-11-25(30)26(31)14-20)28(36)19-33-22-8-4-3-5-9-22/h10-11,14,16-18,22,27-28,32-33,36H,2-9,12-13,15,19H2,1H3,(H,34,37)/t27-,28+/m0/s1. The molecule has 2 aromatic rings. The van der Waals surface area contributed by atoms with Crippen LogP contribution in [0.15, 0.2) is 36.4 Å². The van der Waals surface area contributed by atoms with Gasteiger partial charge < -0.3 is 21.1 Å². The van der Waals surface area contributed by atoms with Crippen LogP contribution in [0, 0.1) is 11.6 Å². The van der Waals surface area contributed by atoms with Crippen molar-refractivity contribution >= 4 is 27.3 Å². The highest BCUT2D eigenvalue weighted by Crippen LogP contribution is 2.28. The molecule has 0 spiro atoms. The van der Waals surface area contributed by atoms with Crippen molar-refractivity contribution in [3.63, 3.8) is 0 Å². The van der Waals surface area contributed by atoms with Gasteiger partial charge in [0, 0.05) is 36.9 Å². The molecule has 1 heterocycles. The minimum absolute atomic E-state index is 0.0520. The first-order chi connectivity index (χ1) is 19.2. The first-order valence-corrected chi connectivity index (χ1v) is 15.8. The highest BCUT2D eigenvalue weighted by molar-refractivity contribution is 7.92. The molecule has 2 fully saturated rings. The molecule has 11 heteroatoms. The largest absolute Gasteiger partial charge is 0.390 e. The molecule has 4 N–H and O–H groups in total. The van der Waals surface area contributed by atoms with E-state index in [4.69, 9.17) is 0 Å².